The molecule has 127 heavy (non-hydrogen) atoms. The summed E-state index contributed by atoms with van der Waals surface area (Å²) >= 11 is 19.8. The number of carbonyl (C=O) groups is 2. The number of amides is 1. The lowest BCUT2D eigenvalue weighted by Gasteiger charge is -2.40. The standard InChI is InChI=1S/C113H168N2O2S10/c1-21-30-38-46-48-52-59-80(58-50-40-32-23-3)77-114(20)104(91-69-67-89(120-91)93-72-85(65-57-45-37-28-8)108(125-93)111(13,14)15)102-86(79-116)103(115(109(102)117)78-81(60-51-41-33-24-4)61-53-49-47-39-31-22-2)90-68-66-88(119-90)92-70-82(62-54-42-34-25-5)105(123-92)99-75-98(87(29-9)118-99)127-113(18,19)112(16,17)101-73-84(64-56-44-36-27-7)107(126-101)106-83(63-55-43-35-26-6)71-94(124-106)95-74-96-97(121-95)76-100(122-96)110(10,11)12/h29,66-76,79-81,86,103H,9,21-28,30-65,77-78H2,1-8,10-20H3/b104-102+. The van der Waals surface area contributed by atoms with Crippen molar-refractivity contribution < 1.29 is 9.59 Å². The number of unbranched alkanes of at least 4 members (excludes halogenated alkanes) is 28. The normalized spacial score (nSPS) is 15.2. The van der Waals surface area contributed by atoms with Crippen LogP contribution >= 0.6 is 114 Å². The summed E-state index contributed by atoms with van der Waals surface area (Å²) in [6, 6.07) is 26.9. The van der Waals surface area contributed by atoms with Crippen LogP contribution in [0.4, 0.5) is 0 Å². The predicted octanol–water partition coefficient (Wildman–Crippen LogP) is 40.0. The number of hydrogen-bond acceptors (Lipinski definition) is 13. The summed E-state index contributed by atoms with van der Waals surface area (Å²) < 4.78 is 2.66. The molecule has 1 fully saturated rings. The van der Waals surface area contributed by atoms with Gasteiger partial charge in [-0.15, -0.1) is 114 Å². The molecule has 4 atom stereocenters. The van der Waals surface area contributed by atoms with Crippen molar-refractivity contribution in [3.05, 3.63) is 130 Å². The fourth-order valence-electron chi connectivity index (χ4n) is 19.1. The first-order chi connectivity index (χ1) is 61.2. The van der Waals surface area contributed by atoms with Crippen molar-refractivity contribution in [1.29, 1.82) is 0 Å². The summed E-state index contributed by atoms with van der Waals surface area (Å²) in [4.78, 5) is 60.0. The van der Waals surface area contributed by atoms with E-state index in [4.69, 9.17) is 0 Å². The van der Waals surface area contributed by atoms with Gasteiger partial charge >= 0.3 is 0 Å². The summed E-state index contributed by atoms with van der Waals surface area (Å²) in [5, 5.41) is 0. The number of thiophene rings is 9. The molecule has 0 aromatic carbocycles. The Hall–Kier alpha value is -3.67. The van der Waals surface area contributed by atoms with E-state index >= 15 is 9.59 Å². The van der Waals surface area contributed by atoms with Crippen LogP contribution in [0.5, 0.6) is 0 Å². The third-order valence-electron chi connectivity index (χ3n) is 27.5. The Morgan fingerprint density at radius 2 is 0.866 bits per heavy atom. The van der Waals surface area contributed by atoms with E-state index in [9.17, 15) is 0 Å². The highest BCUT2D eigenvalue weighted by Gasteiger charge is 2.49. The van der Waals surface area contributed by atoms with Crippen LogP contribution in [-0.2, 0) is 51.5 Å². The van der Waals surface area contributed by atoms with Crippen LogP contribution in [0.3, 0.4) is 0 Å². The molecule has 10 rings (SSSR count). The first kappa shape index (κ1) is 105. The number of rotatable bonds is 62. The van der Waals surface area contributed by atoms with Crippen molar-refractivity contribution in [2.45, 2.75) is 439 Å². The van der Waals surface area contributed by atoms with Gasteiger partial charge < -0.3 is 14.6 Å². The number of thioether (sulfide) groups is 1. The van der Waals surface area contributed by atoms with E-state index in [-0.39, 0.29) is 26.9 Å². The van der Waals surface area contributed by atoms with Gasteiger partial charge in [0.05, 0.1) is 28.1 Å². The Balaban J connectivity index is 1.05. The molecule has 14 heteroatoms. The van der Waals surface area contributed by atoms with Crippen molar-refractivity contribution in [2.75, 3.05) is 20.1 Å². The van der Waals surface area contributed by atoms with Gasteiger partial charge in [0.15, 0.2) is 0 Å². The molecule has 1 amide bonds. The lowest BCUT2D eigenvalue weighted by Crippen LogP contribution is -2.39. The molecule has 9 aromatic rings. The second-order valence-electron chi connectivity index (χ2n) is 40.9. The molecule has 1 aliphatic rings. The zero-order chi connectivity index (χ0) is 91.3. The minimum Gasteiger partial charge on any atom is -0.373 e. The minimum absolute atomic E-state index is 0.0291. The van der Waals surface area contributed by atoms with Crippen LogP contribution in [0.15, 0.2) is 83.8 Å². The molecule has 0 aliphatic carbocycles. The summed E-state index contributed by atoms with van der Waals surface area (Å²) in [6.45, 7) is 49.1. The fraction of sp³-hybridized carbons (Fsp3) is 0.646. The Kier molecular flexibility index (Phi) is 43.5. The smallest absolute Gasteiger partial charge is 0.253 e. The average Bonchev–Trinajstić information content (AvgIpc) is 1.60. The summed E-state index contributed by atoms with van der Waals surface area (Å²) in [7, 11) is 2.31. The Morgan fingerprint density at radius 3 is 1.39 bits per heavy atom. The van der Waals surface area contributed by atoms with Gasteiger partial charge in [-0.05, 0) is 203 Å². The van der Waals surface area contributed by atoms with Crippen molar-refractivity contribution in [2.24, 2.45) is 17.8 Å². The molecule has 10 heterocycles. The maximum absolute atomic E-state index is 17.0. The van der Waals surface area contributed by atoms with Crippen LogP contribution in [0.25, 0.3) is 69.9 Å². The Labute approximate surface area is 815 Å². The Bertz CT molecular complexity index is 4750. The molecule has 1 saturated heterocycles. The molecule has 0 saturated carbocycles. The van der Waals surface area contributed by atoms with Gasteiger partial charge in [-0.2, -0.15) is 0 Å². The van der Waals surface area contributed by atoms with Gasteiger partial charge in [0.1, 0.15) is 6.29 Å². The van der Waals surface area contributed by atoms with E-state index < -0.39 is 12.0 Å². The first-order valence-electron chi connectivity index (χ1n) is 51.1. The van der Waals surface area contributed by atoms with Crippen LogP contribution < -0.4 is 0 Å². The van der Waals surface area contributed by atoms with Gasteiger partial charge in [-0.3, -0.25) is 4.79 Å². The number of aryl methyl sites for hydroxylation is 4. The SMILES string of the molecule is C=Cc1sc(-c2sc(-c3ccc(C4C(C=O)/C(=C(/c5ccc(-c6cc(CCCCCC)c(C(C)(C)C)s6)s5)N(C)CC(CCCCCC)CCCCCCCC)C(=O)N4CC(CCCCCC)CCCCCCCC)s3)cc2CCCCCC)cc1SC(C)(C)C(C)(C)c1cc(CCCCCC)c(-c2sc(-c3cc4sc(C(C)(C)C)cc4s3)cc2CCCCCC)s1. The van der Waals surface area contributed by atoms with Gasteiger partial charge in [-0.25, -0.2) is 0 Å². The molecule has 0 N–H and O–H groups in total. The highest BCUT2D eigenvalue weighted by Crippen LogP contribution is 2.58. The van der Waals surface area contributed by atoms with Crippen LogP contribution in [0.2, 0.25) is 0 Å². The van der Waals surface area contributed by atoms with Gasteiger partial charge in [0, 0.05) is 118 Å². The number of fused-ring (bicyclic) bond motifs is 1. The second kappa shape index (κ2) is 52.4. The number of hydrogen-bond donors (Lipinski definition) is 0. The van der Waals surface area contributed by atoms with E-state index in [0.29, 0.717) is 18.4 Å². The molecule has 4 nitrogen and oxygen atoms in total. The first-order valence-corrected chi connectivity index (χ1v) is 59.3. The minimum atomic E-state index is -0.645. The van der Waals surface area contributed by atoms with Crippen molar-refractivity contribution >= 4 is 147 Å². The molecule has 0 radical (unpaired) electrons. The highest BCUT2D eigenvalue weighted by atomic mass is 32.2. The topological polar surface area (TPSA) is 40.6 Å². The largest absolute Gasteiger partial charge is 0.373 e. The van der Waals surface area contributed by atoms with E-state index in [1.807, 2.05) is 79.4 Å². The summed E-state index contributed by atoms with van der Waals surface area (Å²) in [5.74, 6) is 0.259. The fourth-order valence-corrected chi connectivity index (χ4v) is 32.1. The zero-order valence-corrected chi connectivity index (χ0v) is 91.0. The molecule has 1 aliphatic heterocycles. The van der Waals surface area contributed by atoms with E-state index in [0.717, 1.165) is 72.5 Å². The van der Waals surface area contributed by atoms with E-state index in [1.54, 1.807) is 11.1 Å². The second-order valence-corrected chi connectivity index (χ2v) is 52.3. The third-order valence-corrected chi connectivity index (χ3v) is 41.7. The van der Waals surface area contributed by atoms with Crippen LogP contribution in [0.1, 0.15) is 439 Å². The molecular formula is C113H168N2O2S10. The van der Waals surface area contributed by atoms with Crippen molar-refractivity contribution in [1.82, 2.24) is 9.80 Å². The van der Waals surface area contributed by atoms with E-state index in [2.05, 4.69) is 255 Å². The van der Waals surface area contributed by atoms with Gasteiger partial charge in [0.2, 0.25) is 0 Å². The number of likely N-dealkylation sites (tertiary alicyclic amines) is 1. The summed E-state index contributed by atoms with van der Waals surface area (Å²) in [5.41, 5.74) is 7.75. The summed E-state index contributed by atoms with van der Waals surface area (Å²) in [6.07, 6.45) is 57.2. The maximum Gasteiger partial charge on any atom is 0.253 e. The van der Waals surface area contributed by atoms with Crippen molar-refractivity contribution in [3.63, 3.8) is 0 Å². The van der Waals surface area contributed by atoms with Crippen LogP contribution in [-0.4, -0.2) is 46.9 Å². The lowest BCUT2D eigenvalue weighted by molar-refractivity contribution is -0.127. The molecule has 9 aromatic heterocycles. The van der Waals surface area contributed by atoms with Gasteiger partial charge in [0.25, 0.3) is 5.91 Å². The average molecular weight is 1910 g/mol. The molecular weight excluding hydrogens is 1740 g/mol. The zero-order valence-electron chi connectivity index (χ0n) is 82.8. The predicted molar refractivity (Wildman–Crippen MR) is 581 cm³/mol. The molecule has 0 bridgehead atoms. The van der Waals surface area contributed by atoms with E-state index in [1.165, 1.54) is 338 Å². The quantitative estimate of drug-likeness (QED) is 0.0165. The number of aldehydes is 1. The molecule has 4 unspecified atom stereocenters. The molecule has 0 spiro atoms. The number of nitrogens with zero attached hydrogens (tertiary/aromatic N) is 2. The monoisotopic (exact) mass is 1910 g/mol. The van der Waals surface area contributed by atoms with Crippen molar-refractivity contribution in [3.8, 4) is 48.8 Å². The third kappa shape index (κ3) is 29.2. The lowest BCUT2D eigenvalue weighted by atomic mass is 9.78. The van der Waals surface area contributed by atoms with Crippen LogP contribution in [0, 0.1) is 17.8 Å². The maximum atomic E-state index is 17.0. The number of carbonyl (C=O) groups excluding carboxylic acids is 2. The molecule has 702 valence electrons. The van der Waals surface area contributed by atoms with Gasteiger partial charge in [-0.1, -0.05) is 329 Å². The Morgan fingerprint density at radius 1 is 0.425 bits per heavy atom. The highest BCUT2D eigenvalue weighted by molar-refractivity contribution is 8.01.